The van der Waals surface area contributed by atoms with Crippen LogP contribution in [0, 0.1) is 11.3 Å². The molecule has 0 amide bonds. The summed E-state index contributed by atoms with van der Waals surface area (Å²) in [6.07, 6.45) is 8.38. The average Bonchev–Trinajstić information content (AvgIpc) is 2.55. The number of nitrogens with zero attached hydrogens (tertiary/aromatic N) is 5. The standard InChI is InChI=1S/C14H19N5.C3H8/c1-11-3-2-4-12-10-18(7-8-19(11)12)14-13(9-15)16-5-6-17-14;1-3-2/h5-6,11-12H,2-4,7-8,10H2,1H3;3H2,1-2H3/t11-,12-;/m0./s1. The Balaban J connectivity index is 0.000000545. The Morgan fingerprint density at radius 1 is 1.23 bits per heavy atom. The molecule has 0 bridgehead atoms. The van der Waals surface area contributed by atoms with Gasteiger partial charge in [0.2, 0.25) is 0 Å². The summed E-state index contributed by atoms with van der Waals surface area (Å²) < 4.78 is 0. The van der Waals surface area contributed by atoms with Crippen LogP contribution in [0.2, 0.25) is 0 Å². The zero-order valence-corrected chi connectivity index (χ0v) is 14.0. The Labute approximate surface area is 134 Å². The molecule has 2 fully saturated rings. The molecule has 1 aromatic rings. The van der Waals surface area contributed by atoms with Gasteiger partial charge >= 0.3 is 0 Å². The van der Waals surface area contributed by atoms with Crippen LogP contribution >= 0.6 is 0 Å². The molecule has 120 valence electrons. The average molecular weight is 301 g/mol. The highest BCUT2D eigenvalue weighted by Crippen LogP contribution is 2.28. The summed E-state index contributed by atoms with van der Waals surface area (Å²) >= 11 is 0. The quantitative estimate of drug-likeness (QED) is 0.798. The third kappa shape index (κ3) is 3.75. The molecule has 3 heterocycles. The van der Waals surface area contributed by atoms with E-state index in [0.29, 0.717) is 17.8 Å². The van der Waals surface area contributed by atoms with Crippen LogP contribution in [0.1, 0.15) is 52.1 Å². The minimum absolute atomic E-state index is 0.444. The lowest BCUT2D eigenvalue weighted by Crippen LogP contribution is -2.58. The first-order chi connectivity index (χ1) is 10.7. The molecule has 0 N–H and O–H groups in total. The largest absolute Gasteiger partial charge is 0.351 e. The molecule has 5 heteroatoms. The van der Waals surface area contributed by atoms with Crippen LogP contribution in [0.4, 0.5) is 5.82 Å². The van der Waals surface area contributed by atoms with E-state index in [0.717, 1.165) is 25.5 Å². The van der Waals surface area contributed by atoms with Gasteiger partial charge in [0, 0.05) is 44.1 Å². The third-order valence-corrected chi connectivity index (χ3v) is 4.34. The lowest BCUT2D eigenvalue weighted by molar-refractivity contribution is 0.0815. The molecule has 0 spiro atoms. The van der Waals surface area contributed by atoms with Crippen molar-refractivity contribution in [2.45, 2.75) is 58.5 Å². The Bertz CT molecular complexity index is 510. The molecule has 3 rings (SSSR count). The number of rotatable bonds is 1. The molecule has 22 heavy (non-hydrogen) atoms. The van der Waals surface area contributed by atoms with E-state index in [-0.39, 0.29) is 0 Å². The first kappa shape index (κ1) is 16.7. The molecule has 0 unspecified atom stereocenters. The van der Waals surface area contributed by atoms with E-state index in [1.807, 2.05) is 0 Å². The fraction of sp³-hybridized carbons (Fsp3) is 0.706. The summed E-state index contributed by atoms with van der Waals surface area (Å²) in [5.74, 6) is 0.753. The van der Waals surface area contributed by atoms with Crippen molar-refractivity contribution >= 4 is 5.82 Å². The Hall–Kier alpha value is -1.67. The molecule has 0 aromatic carbocycles. The van der Waals surface area contributed by atoms with Crippen molar-refractivity contribution in [3.05, 3.63) is 18.1 Å². The fourth-order valence-electron chi connectivity index (χ4n) is 3.35. The van der Waals surface area contributed by atoms with Gasteiger partial charge < -0.3 is 4.90 Å². The number of hydrogen-bond acceptors (Lipinski definition) is 5. The van der Waals surface area contributed by atoms with Gasteiger partial charge in [-0.3, -0.25) is 4.90 Å². The number of aromatic nitrogens is 2. The van der Waals surface area contributed by atoms with E-state index in [1.165, 1.54) is 25.7 Å². The smallest absolute Gasteiger partial charge is 0.183 e. The highest BCUT2D eigenvalue weighted by molar-refractivity contribution is 5.50. The van der Waals surface area contributed by atoms with Gasteiger partial charge in [0.15, 0.2) is 11.5 Å². The minimum Gasteiger partial charge on any atom is -0.351 e. The van der Waals surface area contributed by atoms with E-state index < -0.39 is 0 Å². The summed E-state index contributed by atoms with van der Waals surface area (Å²) in [7, 11) is 0. The number of anilines is 1. The predicted octanol–water partition coefficient (Wildman–Crippen LogP) is 2.83. The van der Waals surface area contributed by atoms with Gasteiger partial charge in [0.1, 0.15) is 6.07 Å². The second-order valence-corrected chi connectivity index (χ2v) is 6.17. The van der Waals surface area contributed by atoms with Crippen molar-refractivity contribution in [1.29, 1.82) is 5.26 Å². The highest BCUT2D eigenvalue weighted by atomic mass is 15.3. The maximum Gasteiger partial charge on any atom is 0.183 e. The Morgan fingerprint density at radius 3 is 2.68 bits per heavy atom. The summed E-state index contributed by atoms with van der Waals surface area (Å²) in [6.45, 7) is 9.55. The number of piperidine rings is 1. The topological polar surface area (TPSA) is 56.1 Å². The van der Waals surface area contributed by atoms with Crippen molar-refractivity contribution in [2.75, 3.05) is 24.5 Å². The summed E-state index contributed by atoms with van der Waals surface area (Å²) in [6, 6.07) is 3.44. The second-order valence-electron chi connectivity index (χ2n) is 6.17. The first-order valence-electron chi connectivity index (χ1n) is 8.43. The predicted molar refractivity (Wildman–Crippen MR) is 88.7 cm³/mol. The van der Waals surface area contributed by atoms with Crippen LogP contribution in [0.5, 0.6) is 0 Å². The van der Waals surface area contributed by atoms with Crippen LogP contribution in [-0.4, -0.2) is 46.6 Å². The molecular weight excluding hydrogens is 274 g/mol. The number of nitriles is 1. The van der Waals surface area contributed by atoms with Crippen molar-refractivity contribution in [2.24, 2.45) is 0 Å². The SMILES string of the molecule is CCC.C[C@H]1CCC[C@H]2CN(c3nccnc3C#N)CCN21. The van der Waals surface area contributed by atoms with Gasteiger partial charge in [-0.2, -0.15) is 5.26 Å². The van der Waals surface area contributed by atoms with E-state index in [4.69, 9.17) is 5.26 Å². The lowest BCUT2D eigenvalue weighted by atomic mass is 9.94. The second kappa shape index (κ2) is 8.09. The monoisotopic (exact) mass is 301 g/mol. The minimum atomic E-state index is 0.444. The molecule has 0 radical (unpaired) electrons. The number of hydrogen-bond donors (Lipinski definition) is 0. The number of piperazine rings is 1. The Kier molecular flexibility index (Phi) is 6.14. The summed E-state index contributed by atoms with van der Waals surface area (Å²) in [5, 5.41) is 9.13. The van der Waals surface area contributed by atoms with Crippen molar-refractivity contribution in [1.82, 2.24) is 14.9 Å². The van der Waals surface area contributed by atoms with Crippen LogP contribution in [0.3, 0.4) is 0 Å². The molecule has 0 saturated carbocycles. The van der Waals surface area contributed by atoms with Crippen LogP contribution in [0.25, 0.3) is 0 Å². The Morgan fingerprint density at radius 2 is 1.95 bits per heavy atom. The first-order valence-corrected chi connectivity index (χ1v) is 8.43. The van der Waals surface area contributed by atoms with Gasteiger partial charge in [0.05, 0.1) is 0 Å². The van der Waals surface area contributed by atoms with E-state index >= 15 is 0 Å². The summed E-state index contributed by atoms with van der Waals surface area (Å²) in [4.78, 5) is 13.3. The molecule has 2 atom stereocenters. The normalized spacial score (nSPS) is 24.7. The summed E-state index contributed by atoms with van der Waals surface area (Å²) in [5.41, 5.74) is 0.444. The van der Waals surface area contributed by atoms with Crippen LogP contribution < -0.4 is 4.90 Å². The van der Waals surface area contributed by atoms with E-state index in [2.05, 4.69) is 46.6 Å². The maximum atomic E-state index is 9.13. The van der Waals surface area contributed by atoms with Gasteiger partial charge in [0.25, 0.3) is 0 Å². The third-order valence-electron chi connectivity index (χ3n) is 4.34. The molecule has 1 aromatic heterocycles. The zero-order chi connectivity index (χ0) is 15.9. The zero-order valence-electron chi connectivity index (χ0n) is 14.0. The van der Waals surface area contributed by atoms with Crippen molar-refractivity contribution in [3.63, 3.8) is 0 Å². The lowest BCUT2D eigenvalue weighted by Gasteiger charge is -2.47. The maximum absolute atomic E-state index is 9.13. The van der Waals surface area contributed by atoms with Gasteiger partial charge in [-0.05, 0) is 19.8 Å². The number of fused-ring (bicyclic) bond motifs is 1. The molecule has 0 aliphatic carbocycles. The van der Waals surface area contributed by atoms with Gasteiger partial charge in [-0.25, -0.2) is 9.97 Å². The molecular formula is C17H27N5. The molecule has 2 aliphatic rings. The molecule has 2 aliphatic heterocycles. The molecule has 5 nitrogen and oxygen atoms in total. The van der Waals surface area contributed by atoms with Gasteiger partial charge in [-0.15, -0.1) is 0 Å². The fourth-order valence-corrected chi connectivity index (χ4v) is 3.35. The molecule has 2 saturated heterocycles. The highest BCUT2D eigenvalue weighted by Gasteiger charge is 2.33. The van der Waals surface area contributed by atoms with Gasteiger partial charge in [-0.1, -0.05) is 26.7 Å². The van der Waals surface area contributed by atoms with Crippen LogP contribution in [-0.2, 0) is 0 Å². The van der Waals surface area contributed by atoms with E-state index in [9.17, 15) is 0 Å². The van der Waals surface area contributed by atoms with Crippen molar-refractivity contribution < 1.29 is 0 Å². The van der Waals surface area contributed by atoms with E-state index in [1.54, 1.807) is 12.4 Å². The van der Waals surface area contributed by atoms with Crippen LogP contribution in [0.15, 0.2) is 12.4 Å². The van der Waals surface area contributed by atoms with Crippen molar-refractivity contribution in [3.8, 4) is 6.07 Å².